The molecule has 1 fully saturated rings. The van der Waals surface area contributed by atoms with E-state index in [0.717, 1.165) is 23.7 Å². The Morgan fingerprint density at radius 1 is 1.53 bits per heavy atom. The molecule has 0 amide bonds. The molecule has 1 saturated heterocycles. The fraction of sp³-hybridized carbons (Fsp3) is 0.462. The Morgan fingerprint density at radius 3 is 2.76 bits per heavy atom. The topological polar surface area (TPSA) is 40.5 Å². The van der Waals surface area contributed by atoms with Crippen molar-refractivity contribution in [2.45, 2.75) is 18.8 Å². The Balaban J connectivity index is 2.04. The van der Waals surface area contributed by atoms with E-state index in [1.165, 1.54) is 5.56 Å². The molecule has 4 heteroatoms. The van der Waals surface area contributed by atoms with E-state index in [-0.39, 0.29) is 6.42 Å². The molecule has 0 unspecified atom stereocenters. The molecule has 17 heavy (non-hydrogen) atoms. The SMILES string of the molecule is CN1CC(c2ccc(CCC(=O)O)cc2Cl)C1. The molecule has 1 aromatic carbocycles. The molecule has 3 nitrogen and oxygen atoms in total. The van der Waals surface area contributed by atoms with Crippen LogP contribution in [0.4, 0.5) is 0 Å². The summed E-state index contributed by atoms with van der Waals surface area (Å²) in [6, 6.07) is 5.93. The number of aryl methyl sites for hydroxylation is 1. The number of hydrogen-bond donors (Lipinski definition) is 1. The van der Waals surface area contributed by atoms with Crippen LogP contribution in [0, 0.1) is 0 Å². The first-order valence-electron chi connectivity index (χ1n) is 5.75. The van der Waals surface area contributed by atoms with Gasteiger partial charge in [0, 0.05) is 30.5 Å². The number of likely N-dealkylation sites (tertiary alicyclic amines) is 1. The molecule has 0 radical (unpaired) electrons. The lowest BCUT2D eigenvalue weighted by Gasteiger charge is -2.37. The number of nitrogens with zero attached hydrogens (tertiary/aromatic N) is 1. The van der Waals surface area contributed by atoms with Gasteiger partial charge in [-0.25, -0.2) is 0 Å². The van der Waals surface area contributed by atoms with E-state index in [4.69, 9.17) is 16.7 Å². The molecular weight excluding hydrogens is 238 g/mol. The number of hydrogen-bond acceptors (Lipinski definition) is 2. The third-order valence-corrected chi connectivity index (χ3v) is 3.52. The van der Waals surface area contributed by atoms with Crippen molar-refractivity contribution in [3.05, 3.63) is 34.3 Å². The normalized spacial score (nSPS) is 16.8. The number of halogens is 1. The van der Waals surface area contributed by atoms with E-state index in [2.05, 4.69) is 11.9 Å². The van der Waals surface area contributed by atoms with Crippen molar-refractivity contribution >= 4 is 17.6 Å². The molecule has 0 aliphatic carbocycles. The Bertz CT molecular complexity index is 427. The summed E-state index contributed by atoms with van der Waals surface area (Å²) in [6.45, 7) is 2.10. The highest BCUT2D eigenvalue weighted by atomic mass is 35.5. The van der Waals surface area contributed by atoms with Crippen LogP contribution in [0.5, 0.6) is 0 Å². The van der Waals surface area contributed by atoms with E-state index in [9.17, 15) is 4.79 Å². The number of benzene rings is 1. The van der Waals surface area contributed by atoms with Gasteiger partial charge in [0.15, 0.2) is 0 Å². The molecule has 0 spiro atoms. The quantitative estimate of drug-likeness (QED) is 0.896. The van der Waals surface area contributed by atoms with Crippen LogP contribution in [0.2, 0.25) is 5.02 Å². The van der Waals surface area contributed by atoms with Crippen molar-refractivity contribution in [2.24, 2.45) is 0 Å². The van der Waals surface area contributed by atoms with E-state index in [0.29, 0.717) is 12.3 Å². The molecule has 1 aliphatic heterocycles. The molecule has 0 aromatic heterocycles. The van der Waals surface area contributed by atoms with Gasteiger partial charge in [-0.2, -0.15) is 0 Å². The monoisotopic (exact) mass is 253 g/mol. The van der Waals surface area contributed by atoms with Gasteiger partial charge >= 0.3 is 5.97 Å². The highest BCUT2D eigenvalue weighted by molar-refractivity contribution is 6.31. The van der Waals surface area contributed by atoms with Crippen LogP contribution < -0.4 is 0 Å². The number of carbonyl (C=O) groups is 1. The number of rotatable bonds is 4. The smallest absolute Gasteiger partial charge is 0.303 e. The van der Waals surface area contributed by atoms with Gasteiger partial charge in [0.25, 0.3) is 0 Å². The summed E-state index contributed by atoms with van der Waals surface area (Å²) in [5.41, 5.74) is 2.18. The largest absolute Gasteiger partial charge is 0.481 e. The van der Waals surface area contributed by atoms with Crippen LogP contribution >= 0.6 is 11.6 Å². The van der Waals surface area contributed by atoms with Gasteiger partial charge in [0.2, 0.25) is 0 Å². The van der Waals surface area contributed by atoms with Crippen molar-refractivity contribution in [1.82, 2.24) is 4.90 Å². The van der Waals surface area contributed by atoms with Gasteiger partial charge in [-0.1, -0.05) is 23.7 Å². The van der Waals surface area contributed by atoms with E-state index >= 15 is 0 Å². The maximum Gasteiger partial charge on any atom is 0.303 e. The minimum absolute atomic E-state index is 0.155. The maximum atomic E-state index is 10.5. The average molecular weight is 254 g/mol. The van der Waals surface area contributed by atoms with Gasteiger partial charge in [-0.15, -0.1) is 0 Å². The van der Waals surface area contributed by atoms with Gasteiger partial charge in [-0.05, 0) is 30.7 Å². The average Bonchev–Trinajstić information content (AvgIpc) is 2.23. The lowest BCUT2D eigenvalue weighted by Crippen LogP contribution is -2.41. The minimum atomic E-state index is -0.772. The second-order valence-electron chi connectivity index (χ2n) is 4.67. The predicted molar refractivity (Wildman–Crippen MR) is 67.6 cm³/mol. The van der Waals surface area contributed by atoms with E-state index < -0.39 is 5.97 Å². The lowest BCUT2D eigenvalue weighted by molar-refractivity contribution is -0.136. The summed E-state index contributed by atoms with van der Waals surface area (Å²) in [5, 5.41) is 9.39. The van der Waals surface area contributed by atoms with Crippen LogP contribution in [0.25, 0.3) is 0 Å². The lowest BCUT2D eigenvalue weighted by atomic mass is 9.91. The molecule has 2 rings (SSSR count). The standard InChI is InChI=1S/C13H16ClNO2/c1-15-7-10(8-15)11-4-2-9(6-12(11)14)3-5-13(16)17/h2,4,6,10H,3,5,7-8H2,1H3,(H,16,17). The van der Waals surface area contributed by atoms with Crippen molar-refractivity contribution in [1.29, 1.82) is 0 Å². The molecule has 92 valence electrons. The Morgan fingerprint density at radius 2 is 2.24 bits per heavy atom. The van der Waals surface area contributed by atoms with Gasteiger partial charge in [0.05, 0.1) is 0 Å². The molecular formula is C13H16ClNO2. The molecule has 0 bridgehead atoms. The van der Waals surface area contributed by atoms with Crippen molar-refractivity contribution < 1.29 is 9.90 Å². The van der Waals surface area contributed by atoms with Crippen LogP contribution in [-0.4, -0.2) is 36.1 Å². The first-order valence-corrected chi connectivity index (χ1v) is 6.12. The number of carboxylic acids is 1. The molecule has 1 N–H and O–H groups in total. The summed E-state index contributed by atoms with van der Waals surface area (Å²) in [4.78, 5) is 12.7. The Kier molecular flexibility index (Phi) is 3.69. The summed E-state index contributed by atoms with van der Waals surface area (Å²) >= 11 is 6.23. The number of carboxylic acid groups (broad SMARTS) is 1. The second kappa shape index (κ2) is 5.07. The van der Waals surface area contributed by atoms with E-state index in [1.807, 2.05) is 18.2 Å². The maximum absolute atomic E-state index is 10.5. The fourth-order valence-corrected chi connectivity index (χ4v) is 2.56. The third kappa shape index (κ3) is 2.99. The first kappa shape index (κ1) is 12.4. The number of aliphatic carboxylic acids is 1. The van der Waals surface area contributed by atoms with E-state index in [1.54, 1.807) is 0 Å². The summed E-state index contributed by atoms with van der Waals surface area (Å²) < 4.78 is 0. The Hall–Kier alpha value is -1.06. The van der Waals surface area contributed by atoms with Crippen LogP contribution in [0.1, 0.15) is 23.5 Å². The van der Waals surface area contributed by atoms with Gasteiger partial charge in [0.1, 0.15) is 0 Å². The minimum Gasteiger partial charge on any atom is -0.481 e. The zero-order valence-electron chi connectivity index (χ0n) is 9.82. The molecule has 1 heterocycles. The molecule has 0 saturated carbocycles. The zero-order valence-corrected chi connectivity index (χ0v) is 10.6. The van der Waals surface area contributed by atoms with Crippen molar-refractivity contribution in [3.63, 3.8) is 0 Å². The molecule has 1 aromatic rings. The first-order chi connectivity index (χ1) is 8.06. The highest BCUT2D eigenvalue weighted by Gasteiger charge is 2.26. The fourth-order valence-electron chi connectivity index (χ4n) is 2.20. The predicted octanol–water partition coefficient (Wildman–Crippen LogP) is 2.39. The summed E-state index contributed by atoms with van der Waals surface area (Å²) in [7, 11) is 2.09. The van der Waals surface area contributed by atoms with Crippen LogP contribution in [0.3, 0.4) is 0 Å². The summed E-state index contributed by atoms with van der Waals surface area (Å²) in [6.07, 6.45) is 0.696. The molecule has 0 atom stereocenters. The van der Waals surface area contributed by atoms with Crippen LogP contribution in [-0.2, 0) is 11.2 Å². The number of likely N-dealkylation sites (N-methyl/N-ethyl adjacent to an activating group) is 1. The summed E-state index contributed by atoms with van der Waals surface area (Å²) in [5.74, 6) is -0.244. The van der Waals surface area contributed by atoms with Crippen LogP contribution in [0.15, 0.2) is 18.2 Å². The molecule has 1 aliphatic rings. The van der Waals surface area contributed by atoms with Gasteiger partial charge in [-0.3, -0.25) is 4.79 Å². The third-order valence-electron chi connectivity index (χ3n) is 3.20. The zero-order chi connectivity index (χ0) is 12.4. The second-order valence-corrected chi connectivity index (χ2v) is 5.07. The van der Waals surface area contributed by atoms with Gasteiger partial charge < -0.3 is 10.0 Å². The highest BCUT2D eigenvalue weighted by Crippen LogP contribution is 2.31. The van der Waals surface area contributed by atoms with Crippen molar-refractivity contribution in [3.8, 4) is 0 Å². The van der Waals surface area contributed by atoms with Crippen molar-refractivity contribution in [2.75, 3.05) is 20.1 Å². The Labute approximate surface area is 106 Å².